The van der Waals surface area contributed by atoms with Crippen LogP contribution in [0.25, 0.3) is 0 Å². The Bertz CT molecular complexity index is 304. The van der Waals surface area contributed by atoms with Gasteiger partial charge in [-0.15, -0.1) is 0 Å². The van der Waals surface area contributed by atoms with Crippen molar-refractivity contribution in [2.75, 3.05) is 20.1 Å². The Balaban J connectivity index is 1.94. The van der Waals surface area contributed by atoms with E-state index in [0.717, 1.165) is 42.3 Å². The minimum Gasteiger partial charge on any atom is -0.314 e. The first kappa shape index (κ1) is 17.3. The van der Waals surface area contributed by atoms with Gasteiger partial charge in [-0.3, -0.25) is 0 Å². The van der Waals surface area contributed by atoms with E-state index in [9.17, 15) is 0 Å². The lowest BCUT2D eigenvalue weighted by Crippen LogP contribution is -2.50. The van der Waals surface area contributed by atoms with Crippen molar-refractivity contribution in [1.82, 2.24) is 10.2 Å². The highest BCUT2D eigenvalue weighted by molar-refractivity contribution is 4.90. The first-order chi connectivity index (χ1) is 10.0. The molecule has 6 unspecified atom stereocenters. The van der Waals surface area contributed by atoms with E-state index in [4.69, 9.17) is 0 Å². The van der Waals surface area contributed by atoms with Gasteiger partial charge in [0.2, 0.25) is 0 Å². The van der Waals surface area contributed by atoms with E-state index in [1.807, 2.05) is 0 Å². The van der Waals surface area contributed by atoms with Crippen molar-refractivity contribution in [2.45, 2.75) is 78.3 Å². The van der Waals surface area contributed by atoms with Crippen molar-refractivity contribution >= 4 is 0 Å². The van der Waals surface area contributed by atoms with E-state index in [1.165, 1.54) is 45.1 Å². The Labute approximate surface area is 133 Å². The predicted molar refractivity (Wildman–Crippen MR) is 92.6 cm³/mol. The van der Waals surface area contributed by atoms with Crippen LogP contribution in [-0.4, -0.2) is 37.1 Å². The number of hydrogen-bond donors (Lipinski definition) is 1. The Morgan fingerprint density at radius 3 is 2.43 bits per heavy atom. The number of nitrogens with one attached hydrogen (secondary N) is 1. The number of nitrogens with zero attached hydrogens (tertiary/aromatic N) is 1. The molecule has 0 aromatic rings. The van der Waals surface area contributed by atoms with Gasteiger partial charge in [0, 0.05) is 18.6 Å². The predicted octanol–water partition coefficient (Wildman–Crippen LogP) is 4.16. The molecule has 2 aliphatic rings. The van der Waals surface area contributed by atoms with E-state index in [1.54, 1.807) is 0 Å². The molecule has 2 aliphatic carbocycles. The maximum atomic E-state index is 3.79. The molecule has 2 fully saturated rings. The highest BCUT2D eigenvalue weighted by atomic mass is 15.1. The van der Waals surface area contributed by atoms with Crippen molar-refractivity contribution in [3.05, 3.63) is 0 Å². The fourth-order valence-electron chi connectivity index (χ4n) is 5.00. The Kier molecular flexibility index (Phi) is 6.55. The van der Waals surface area contributed by atoms with Crippen LogP contribution >= 0.6 is 0 Å². The topological polar surface area (TPSA) is 15.3 Å². The standard InChI is InChI=1S/C19H38N2/c1-6-20-19-12-15(3)10-16(4)18(19)13-21(5)17-9-7-8-14(2)11-17/h14-20H,6-13H2,1-5H3. The van der Waals surface area contributed by atoms with Gasteiger partial charge in [0.1, 0.15) is 0 Å². The number of rotatable bonds is 5. The van der Waals surface area contributed by atoms with Gasteiger partial charge in [0.15, 0.2) is 0 Å². The summed E-state index contributed by atoms with van der Waals surface area (Å²) >= 11 is 0. The lowest BCUT2D eigenvalue weighted by Gasteiger charge is -2.44. The lowest BCUT2D eigenvalue weighted by atomic mass is 9.72. The molecule has 2 saturated carbocycles. The van der Waals surface area contributed by atoms with Crippen molar-refractivity contribution in [3.63, 3.8) is 0 Å². The lowest BCUT2D eigenvalue weighted by molar-refractivity contribution is 0.0776. The molecule has 6 atom stereocenters. The highest BCUT2D eigenvalue weighted by Crippen LogP contribution is 2.35. The van der Waals surface area contributed by atoms with Crippen molar-refractivity contribution in [1.29, 1.82) is 0 Å². The molecule has 0 bridgehead atoms. The summed E-state index contributed by atoms with van der Waals surface area (Å²) in [5.74, 6) is 3.52. The SMILES string of the molecule is CCNC1CC(C)CC(C)C1CN(C)C1CCCC(C)C1. The second kappa shape index (κ2) is 7.97. The van der Waals surface area contributed by atoms with E-state index < -0.39 is 0 Å². The molecular formula is C19H38N2. The fraction of sp³-hybridized carbons (Fsp3) is 1.00. The smallest absolute Gasteiger partial charge is 0.0112 e. The quantitative estimate of drug-likeness (QED) is 0.819. The zero-order valence-corrected chi connectivity index (χ0v) is 15.1. The minimum atomic E-state index is 0.734. The molecule has 0 aromatic heterocycles. The van der Waals surface area contributed by atoms with Gasteiger partial charge in [-0.05, 0) is 62.9 Å². The average molecular weight is 295 g/mol. The summed E-state index contributed by atoms with van der Waals surface area (Å²) in [5.41, 5.74) is 0. The van der Waals surface area contributed by atoms with Gasteiger partial charge in [-0.1, -0.05) is 40.5 Å². The summed E-state index contributed by atoms with van der Waals surface area (Å²) in [5, 5.41) is 3.79. The van der Waals surface area contributed by atoms with E-state index >= 15 is 0 Å². The van der Waals surface area contributed by atoms with E-state index in [0.29, 0.717) is 0 Å². The monoisotopic (exact) mass is 294 g/mol. The molecule has 0 spiro atoms. The average Bonchev–Trinajstić information content (AvgIpc) is 2.42. The maximum Gasteiger partial charge on any atom is 0.0112 e. The number of hydrogen-bond acceptors (Lipinski definition) is 2. The molecule has 1 N–H and O–H groups in total. The van der Waals surface area contributed by atoms with E-state index in [-0.39, 0.29) is 0 Å². The van der Waals surface area contributed by atoms with Crippen LogP contribution in [0, 0.1) is 23.7 Å². The maximum absolute atomic E-state index is 3.79. The molecule has 2 rings (SSSR count). The van der Waals surface area contributed by atoms with Crippen molar-refractivity contribution < 1.29 is 0 Å². The van der Waals surface area contributed by atoms with E-state index in [2.05, 4.69) is 45.0 Å². The normalized spacial score (nSPS) is 41.4. The summed E-state index contributed by atoms with van der Waals surface area (Å²) in [6.45, 7) is 12.0. The molecule has 124 valence electrons. The minimum absolute atomic E-state index is 0.734. The zero-order valence-electron chi connectivity index (χ0n) is 15.1. The van der Waals surface area contributed by atoms with Gasteiger partial charge in [-0.2, -0.15) is 0 Å². The van der Waals surface area contributed by atoms with Gasteiger partial charge >= 0.3 is 0 Å². The second-order valence-electron chi connectivity index (χ2n) is 8.25. The van der Waals surface area contributed by atoms with Crippen LogP contribution in [-0.2, 0) is 0 Å². The molecule has 0 aromatic carbocycles. The van der Waals surface area contributed by atoms with Crippen LogP contribution in [0.1, 0.15) is 66.2 Å². The van der Waals surface area contributed by atoms with Crippen LogP contribution in [0.2, 0.25) is 0 Å². The van der Waals surface area contributed by atoms with Crippen LogP contribution in [0.15, 0.2) is 0 Å². The molecule has 21 heavy (non-hydrogen) atoms. The van der Waals surface area contributed by atoms with Crippen LogP contribution < -0.4 is 5.32 Å². The Morgan fingerprint density at radius 1 is 1.00 bits per heavy atom. The summed E-state index contributed by atoms with van der Waals surface area (Å²) in [6.07, 6.45) is 8.51. The summed E-state index contributed by atoms with van der Waals surface area (Å²) in [4.78, 5) is 2.71. The summed E-state index contributed by atoms with van der Waals surface area (Å²) in [6, 6.07) is 1.57. The van der Waals surface area contributed by atoms with Crippen LogP contribution in [0.5, 0.6) is 0 Å². The Morgan fingerprint density at radius 2 is 1.76 bits per heavy atom. The molecule has 0 radical (unpaired) electrons. The largest absolute Gasteiger partial charge is 0.314 e. The first-order valence-electron chi connectivity index (χ1n) is 9.44. The molecule has 2 heteroatoms. The molecule has 0 aliphatic heterocycles. The third kappa shape index (κ3) is 4.69. The van der Waals surface area contributed by atoms with Gasteiger partial charge in [-0.25, -0.2) is 0 Å². The van der Waals surface area contributed by atoms with Gasteiger partial charge in [0.05, 0.1) is 0 Å². The summed E-state index contributed by atoms with van der Waals surface area (Å²) in [7, 11) is 2.39. The van der Waals surface area contributed by atoms with Gasteiger partial charge < -0.3 is 10.2 Å². The van der Waals surface area contributed by atoms with Gasteiger partial charge in [0.25, 0.3) is 0 Å². The fourth-order valence-corrected chi connectivity index (χ4v) is 5.00. The van der Waals surface area contributed by atoms with Crippen LogP contribution in [0.4, 0.5) is 0 Å². The highest BCUT2D eigenvalue weighted by Gasteiger charge is 2.35. The molecular weight excluding hydrogens is 256 g/mol. The Hall–Kier alpha value is -0.0800. The summed E-state index contributed by atoms with van der Waals surface area (Å²) < 4.78 is 0. The third-order valence-electron chi connectivity index (χ3n) is 6.18. The first-order valence-corrected chi connectivity index (χ1v) is 9.44. The second-order valence-corrected chi connectivity index (χ2v) is 8.25. The molecule has 0 heterocycles. The van der Waals surface area contributed by atoms with Crippen molar-refractivity contribution in [2.24, 2.45) is 23.7 Å². The molecule has 0 saturated heterocycles. The zero-order chi connectivity index (χ0) is 15.4. The van der Waals surface area contributed by atoms with Crippen molar-refractivity contribution in [3.8, 4) is 0 Å². The molecule has 0 amide bonds. The third-order valence-corrected chi connectivity index (χ3v) is 6.18. The molecule has 2 nitrogen and oxygen atoms in total. The van der Waals surface area contributed by atoms with Crippen LogP contribution in [0.3, 0.4) is 0 Å².